The molecule has 0 unspecified atom stereocenters. The Balaban J connectivity index is 1.75. The Kier molecular flexibility index (Phi) is 5.41. The van der Waals surface area contributed by atoms with Gasteiger partial charge in [0, 0.05) is 40.0 Å². The molecule has 0 fully saturated rings. The van der Waals surface area contributed by atoms with Crippen LogP contribution >= 0.6 is 23.4 Å². The van der Waals surface area contributed by atoms with Gasteiger partial charge in [-0.15, -0.1) is 10.2 Å². The molecule has 0 aliphatic carbocycles. The Bertz CT molecular complexity index is 1080. The van der Waals surface area contributed by atoms with Crippen molar-refractivity contribution in [3.63, 3.8) is 0 Å². The number of nitrogens with zero attached hydrogens (tertiary/aromatic N) is 4. The predicted molar refractivity (Wildman–Crippen MR) is 110 cm³/mol. The normalized spacial score (nSPS) is 11.0. The highest BCUT2D eigenvalue weighted by molar-refractivity contribution is 7.98. The minimum absolute atomic E-state index is 0.325. The quantitative estimate of drug-likeness (QED) is 0.394. The fourth-order valence-corrected chi connectivity index (χ4v) is 4.07. The Hall–Kier alpha value is -2.70. The molecule has 28 heavy (non-hydrogen) atoms. The van der Waals surface area contributed by atoms with Crippen molar-refractivity contribution in [3.8, 4) is 17.1 Å². The molecule has 0 radical (unpaired) electrons. The summed E-state index contributed by atoms with van der Waals surface area (Å²) in [6, 6.07) is 16.6. The second-order valence-electron chi connectivity index (χ2n) is 6.21. The molecule has 0 saturated carbocycles. The van der Waals surface area contributed by atoms with Crippen LogP contribution in [0.1, 0.15) is 11.1 Å². The first kappa shape index (κ1) is 18.7. The zero-order valence-electron chi connectivity index (χ0n) is 15.0. The lowest BCUT2D eigenvalue weighted by Gasteiger charge is -2.11. The molecule has 0 saturated heterocycles. The number of halogens is 2. The number of thioether (sulfide) groups is 1. The largest absolute Gasteiger partial charge is 0.270 e. The molecule has 0 spiro atoms. The summed E-state index contributed by atoms with van der Waals surface area (Å²) < 4.78 is 16.1. The average Bonchev–Trinajstić information content (AvgIpc) is 3.13. The fourth-order valence-electron chi connectivity index (χ4n) is 2.78. The summed E-state index contributed by atoms with van der Waals surface area (Å²) in [5.74, 6) is 0.704. The smallest absolute Gasteiger partial charge is 0.196 e. The van der Waals surface area contributed by atoms with Crippen molar-refractivity contribution in [2.45, 2.75) is 17.8 Å². The number of aryl methyl sites for hydroxylation is 1. The Labute approximate surface area is 171 Å². The van der Waals surface area contributed by atoms with E-state index in [1.807, 2.05) is 47.9 Å². The maximum Gasteiger partial charge on any atom is 0.196 e. The van der Waals surface area contributed by atoms with E-state index in [1.54, 1.807) is 24.5 Å². The highest BCUT2D eigenvalue weighted by Gasteiger charge is 2.17. The van der Waals surface area contributed by atoms with E-state index in [0.717, 1.165) is 16.8 Å². The van der Waals surface area contributed by atoms with E-state index in [4.69, 9.17) is 11.6 Å². The lowest BCUT2D eigenvalue weighted by Crippen LogP contribution is -2.00. The summed E-state index contributed by atoms with van der Waals surface area (Å²) in [7, 11) is 0. The third kappa shape index (κ3) is 3.79. The Morgan fingerprint density at radius 3 is 2.57 bits per heavy atom. The molecule has 0 aliphatic rings. The second kappa shape index (κ2) is 8.12. The molecule has 0 aliphatic heterocycles. The van der Waals surface area contributed by atoms with Gasteiger partial charge in [0.1, 0.15) is 5.82 Å². The number of aromatic nitrogens is 4. The molecular weight excluding hydrogens is 395 g/mol. The van der Waals surface area contributed by atoms with Gasteiger partial charge in [-0.05, 0) is 43.3 Å². The van der Waals surface area contributed by atoms with E-state index >= 15 is 0 Å². The van der Waals surface area contributed by atoms with Gasteiger partial charge in [-0.3, -0.25) is 9.55 Å². The summed E-state index contributed by atoms with van der Waals surface area (Å²) in [4.78, 5) is 4.18. The number of rotatable bonds is 5. The third-order valence-electron chi connectivity index (χ3n) is 4.25. The molecule has 0 atom stereocenters. The van der Waals surface area contributed by atoms with Gasteiger partial charge in [-0.2, -0.15) is 0 Å². The molecular formula is C21H16ClFN4S. The highest BCUT2D eigenvalue weighted by Crippen LogP contribution is 2.32. The number of hydrogen-bond donors (Lipinski definition) is 0. The maximum atomic E-state index is 14.1. The SMILES string of the molecule is Cc1ccc(-n2c(SCc3c(F)cccc3Cl)nnc2-c2cccnc2)cc1. The van der Waals surface area contributed by atoms with Crippen LogP contribution in [0.3, 0.4) is 0 Å². The van der Waals surface area contributed by atoms with Gasteiger partial charge < -0.3 is 0 Å². The summed E-state index contributed by atoms with van der Waals surface area (Å²) in [5, 5.41) is 9.77. The lowest BCUT2D eigenvalue weighted by molar-refractivity contribution is 0.617. The Morgan fingerprint density at radius 2 is 1.86 bits per heavy atom. The van der Waals surface area contributed by atoms with Gasteiger partial charge in [0.05, 0.1) is 0 Å². The highest BCUT2D eigenvalue weighted by atomic mass is 35.5. The fraction of sp³-hybridized carbons (Fsp3) is 0.0952. The van der Waals surface area contributed by atoms with Crippen molar-refractivity contribution in [1.29, 1.82) is 0 Å². The lowest BCUT2D eigenvalue weighted by atomic mass is 10.2. The van der Waals surface area contributed by atoms with Crippen LogP contribution in [0.5, 0.6) is 0 Å². The van der Waals surface area contributed by atoms with Gasteiger partial charge >= 0.3 is 0 Å². The predicted octanol–water partition coefficient (Wildman–Crippen LogP) is 5.72. The maximum absolute atomic E-state index is 14.1. The monoisotopic (exact) mass is 410 g/mol. The number of pyridine rings is 1. The van der Waals surface area contributed by atoms with E-state index in [-0.39, 0.29) is 5.82 Å². The van der Waals surface area contributed by atoms with Crippen LogP contribution < -0.4 is 0 Å². The van der Waals surface area contributed by atoms with E-state index < -0.39 is 0 Å². The van der Waals surface area contributed by atoms with Crippen LogP contribution in [0.2, 0.25) is 5.02 Å². The van der Waals surface area contributed by atoms with Crippen LogP contribution in [0.25, 0.3) is 17.1 Å². The molecule has 140 valence electrons. The van der Waals surface area contributed by atoms with Crippen LogP contribution in [-0.2, 0) is 5.75 Å². The molecule has 0 N–H and O–H groups in total. The third-order valence-corrected chi connectivity index (χ3v) is 5.56. The van der Waals surface area contributed by atoms with Gasteiger partial charge in [0.15, 0.2) is 11.0 Å². The molecule has 7 heteroatoms. The first-order chi connectivity index (χ1) is 13.6. The minimum atomic E-state index is -0.325. The topological polar surface area (TPSA) is 43.6 Å². The Morgan fingerprint density at radius 1 is 1.04 bits per heavy atom. The second-order valence-corrected chi connectivity index (χ2v) is 7.56. The molecule has 4 rings (SSSR count). The minimum Gasteiger partial charge on any atom is -0.270 e. The summed E-state index contributed by atoms with van der Waals surface area (Å²) in [5.41, 5.74) is 3.39. The van der Waals surface area contributed by atoms with Crippen LogP contribution in [-0.4, -0.2) is 19.7 Å². The summed E-state index contributed by atoms with van der Waals surface area (Å²) >= 11 is 7.55. The van der Waals surface area contributed by atoms with Gasteiger partial charge in [0.25, 0.3) is 0 Å². The molecule has 0 bridgehead atoms. The average molecular weight is 411 g/mol. The molecule has 2 heterocycles. The van der Waals surface area contributed by atoms with Crippen LogP contribution in [0.4, 0.5) is 4.39 Å². The number of benzene rings is 2. The van der Waals surface area contributed by atoms with Gasteiger partial charge in [0.2, 0.25) is 0 Å². The van der Waals surface area contributed by atoms with Crippen molar-refractivity contribution >= 4 is 23.4 Å². The van der Waals surface area contributed by atoms with E-state index in [2.05, 4.69) is 15.2 Å². The molecule has 4 nitrogen and oxygen atoms in total. The van der Waals surface area contributed by atoms with Gasteiger partial charge in [-0.25, -0.2) is 4.39 Å². The van der Waals surface area contributed by atoms with E-state index in [1.165, 1.54) is 17.8 Å². The van der Waals surface area contributed by atoms with Crippen molar-refractivity contribution in [2.75, 3.05) is 0 Å². The number of hydrogen-bond acceptors (Lipinski definition) is 4. The zero-order valence-corrected chi connectivity index (χ0v) is 16.6. The molecule has 0 amide bonds. The van der Waals surface area contributed by atoms with Crippen molar-refractivity contribution in [3.05, 3.63) is 89.0 Å². The summed E-state index contributed by atoms with van der Waals surface area (Å²) in [6.07, 6.45) is 3.46. The van der Waals surface area contributed by atoms with Crippen molar-refractivity contribution in [2.24, 2.45) is 0 Å². The van der Waals surface area contributed by atoms with E-state index in [0.29, 0.717) is 27.3 Å². The van der Waals surface area contributed by atoms with Crippen molar-refractivity contribution in [1.82, 2.24) is 19.7 Å². The first-order valence-electron chi connectivity index (χ1n) is 8.62. The van der Waals surface area contributed by atoms with Crippen molar-refractivity contribution < 1.29 is 4.39 Å². The summed E-state index contributed by atoms with van der Waals surface area (Å²) in [6.45, 7) is 2.04. The van der Waals surface area contributed by atoms with Crippen LogP contribution in [0, 0.1) is 12.7 Å². The van der Waals surface area contributed by atoms with Crippen LogP contribution in [0.15, 0.2) is 72.1 Å². The molecule has 4 aromatic rings. The van der Waals surface area contributed by atoms with Gasteiger partial charge in [-0.1, -0.05) is 47.1 Å². The van der Waals surface area contributed by atoms with E-state index in [9.17, 15) is 4.39 Å². The molecule has 2 aromatic carbocycles. The first-order valence-corrected chi connectivity index (χ1v) is 9.98. The molecule has 2 aromatic heterocycles. The zero-order chi connectivity index (χ0) is 19.5. The standard InChI is InChI=1S/C21H16ClFN4S/c1-14-7-9-16(10-8-14)27-20(15-4-3-11-24-12-15)25-26-21(27)28-13-17-18(22)5-2-6-19(17)23/h2-12H,13H2,1H3.